The predicted octanol–water partition coefficient (Wildman–Crippen LogP) is 8.14. The SMILES string of the molecule is CCCCCCCCCCCCCCCCN1C=CN(Cc2ccccc2)C1.Cl. The summed E-state index contributed by atoms with van der Waals surface area (Å²) >= 11 is 0. The molecule has 1 aliphatic heterocycles. The molecule has 1 aromatic carbocycles. The van der Waals surface area contributed by atoms with E-state index in [2.05, 4.69) is 59.5 Å². The predicted molar refractivity (Wildman–Crippen MR) is 130 cm³/mol. The Morgan fingerprint density at radius 1 is 0.621 bits per heavy atom. The molecule has 0 amide bonds. The van der Waals surface area contributed by atoms with Crippen molar-refractivity contribution in [3.05, 3.63) is 48.3 Å². The van der Waals surface area contributed by atoms with Crippen molar-refractivity contribution >= 4 is 12.4 Å². The minimum atomic E-state index is 0. The molecule has 0 spiro atoms. The molecular formula is C26H45ClN2. The number of nitrogens with zero attached hydrogens (tertiary/aromatic N) is 2. The molecule has 0 unspecified atom stereocenters. The first-order valence-electron chi connectivity index (χ1n) is 12.1. The maximum absolute atomic E-state index is 2.46. The van der Waals surface area contributed by atoms with Gasteiger partial charge in [0.15, 0.2) is 0 Å². The molecule has 0 saturated heterocycles. The molecule has 0 atom stereocenters. The van der Waals surface area contributed by atoms with Gasteiger partial charge in [-0.05, 0) is 12.0 Å². The smallest absolute Gasteiger partial charge is 0.0897 e. The molecule has 0 saturated carbocycles. The zero-order chi connectivity index (χ0) is 19.7. The lowest BCUT2D eigenvalue weighted by atomic mass is 10.0. The number of halogens is 1. The van der Waals surface area contributed by atoms with Crippen molar-refractivity contribution in [2.75, 3.05) is 13.2 Å². The zero-order valence-electron chi connectivity index (χ0n) is 18.9. The van der Waals surface area contributed by atoms with Crippen molar-refractivity contribution in [2.45, 2.75) is 103 Å². The van der Waals surface area contributed by atoms with Crippen LogP contribution in [-0.4, -0.2) is 23.0 Å². The Balaban J connectivity index is 0.00000420. The van der Waals surface area contributed by atoms with Crippen molar-refractivity contribution < 1.29 is 0 Å². The van der Waals surface area contributed by atoms with E-state index in [4.69, 9.17) is 0 Å². The van der Waals surface area contributed by atoms with E-state index in [0.29, 0.717) is 0 Å². The Labute approximate surface area is 187 Å². The van der Waals surface area contributed by atoms with Crippen molar-refractivity contribution in [2.24, 2.45) is 0 Å². The van der Waals surface area contributed by atoms with Crippen LogP contribution >= 0.6 is 12.4 Å². The fraction of sp³-hybridized carbons (Fsp3) is 0.692. The largest absolute Gasteiger partial charge is 0.359 e. The number of unbranched alkanes of at least 4 members (excludes halogenated alkanes) is 13. The molecule has 0 radical (unpaired) electrons. The zero-order valence-corrected chi connectivity index (χ0v) is 19.7. The summed E-state index contributed by atoms with van der Waals surface area (Å²) in [6.45, 7) is 5.57. The highest BCUT2D eigenvalue weighted by atomic mass is 35.5. The minimum Gasteiger partial charge on any atom is -0.359 e. The van der Waals surface area contributed by atoms with E-state index in [1.807, 2.05) is 0 Å². The van der Waals surface area contributed by atoms with Crippen molar-refractivity contribution in [1.82, 2.24) is 9.80 Å². The van der Waals surface area contributed by atoms with Gasteiger partial charge in [0.25, 0.3) is 0 Å². The summed E-state index contributed by atoms with van der Waals surface area (Å²) in [6.07, 6.45) is 24.6. The monoisotopic (exact) mass is 420 g/mol. The van der Waals surface area contributed by atoms with E-state index in [-0.39, 0.29) is 12.4 Å². The van der Waals surface area contributed by atoms with Gasteiger partial charge in [-0.3, -0.25) is 0 Å². The normalized spacial score (nSPS) is 13.1. The quantitative estimate of drug-likeness (QED) is 0.234. The second-order valence-electron chi connectivity index (χ2n) is 8.58. The average Bonchev–Trinajstić information content (AvgIpc) is 3.16. The third kappa shape index (κ3) is 12.9. The Morgan fingerprint density at radius 3 is 1.66 bits per heavy atom. The van der Waals surface area contributed by atoms with Crippen LogP contribution in [0.1, 0.15) is 102 Å². The van der Waals surface area contributed by atoms with Crippen LogP contribution < -0.4 is 0 Å². The third-order valence-corrected chi connectivity index (χ3v) is 5.88. The van der Waals surface area contributed by atoms with Gasteiger partial charge in [-0.2, -0.15) is 0 Å². The number of benzene rings is 1. The van der Waals surface area contributed by atoms with Crippen molar-refractivity contribution in [3.8, 4) is 0 Å². The lowest BCUT2D eigenvalue weighted by molar-refractivity contribution is 0.256. The molecular weight excluding hydrogens is 376 g/mol. The second-order valence-corrected chi connectivity index (χ2v) is 8.58. The van der Waals surface area contributed by atoms with Crippen LogP contribution in [0.2, 0.25) is 0 Å². The van der Waals surface area contributed by atoms with E-state index >= 15 is 0 Å². The first kappa shape index (κ1) is 25.9. The second kappa shape index (κ2) is 17.7. The molecule has 1 aliphatic rings. The van der Waals surface area contributed by atoms with E-state index in [1.54, 1.807) is 0 Å². The van der Waals surface area contributed by atoms with Gasteiger partial charge >= 0.3 is 0 Å². The maximum Gasteiger partial charge on any atom is 0.0897 e. The van der Waals surface area contributed by atoms with E-state index in [1.165, 1.54) is 102 Å². The standard InChI is InChI=1S/C26H44N2.ClH/c1-2-3-4-5-6-7-8-9-10-11-12-13-14-18-21-27-22-23-28(25-27)24-26-19-16-15-17-20-26;/h15-17,19-20,22-23H,2-14,18,21,24-25H2,1H3;1H. The Hall–Kier alpha value is -1.15. The fourth-order valence-corrected chi connectivity index (χ4v) is 4.09. The number of hydrogen-bond donors (Lipinski definition) is 0. The highest BCUT2D eigenvalue weighted by Crippen LogP contribution is 2.15. The van der Waals surface area contributed by atoms with Crippen molar-refractivity contribution in [3.63, 3.8) is 0 Å². The van der Waals surface area contributed by atoms with E-state index < -0.39 is 0 Å². The Bertz CT molecular complexity index is 503. The van der Waals surface area contributed by atoms with Gasteiger partial charge in [0, 0.05) is 25.5 Å². The molecule has 0 aliphatic carbocycles. The summed E-state index contributed by atoms with van der Waals surface area (Å²) in [7, 11) is 0. The molecule has 0 bridgehead atoms. The van der Waals surface area contributed by atoms with Crippen LogP contribution in [0.3, 0.4) is 0 Å². The molecule has 2 rings (SSSR count). The van der Waals surface area contributed by atoms with Gasteiger partial charge in [-0.1, -0.05) is 121 Å². The van der Waals surface area contributed by atoms with E-state index in [9.17, 15) is 0 Å². The third-order valence-electron chi connectivity index (χ3n) is 5.88. The summed E-state index contributed by atoms with van der Waals surface area (Å²) < 4.78 is 0. The minimum absolute atomic E-state index is 0. The number of hydrogen-bond acceptors (Lipinski definition) is 2. The molecule has 3 heteroatoms. The molecule has 29 heavy (non-hydrogen) atoms. The maximum atomic E-state index is 2.46. The highest BCUT2D eigenvalue weighted by molar-refractivity contribution is 5.85. The summed E-state index contributed by atoms with van der Waals surface area (Å²) in [5, 5.41) is 0. The summed E-state index contributed by atoms with van der Waals surface area (Å²) in [5.74, 6) is 0. The molecule has 1 aromatic rings. The summed E-state index contributed by atoms with van der Waals surface area (Å²) in [5.41, 5.74) is 1.39. The molecule has 0 N–H and O–H groups in total. The van der Waals surface area contributed by atoms with Gasteiger partial charge < -0.3 is 9.80 Å². The summed E-state index contributed by atoms with van der Waals surface area (Å²) in [6, 6.07) is 10.8. The van der Waals surface area contributed by atoms with Gasteiger partial charge in [-0.15, -0.1) is 12.4 Å². The van der Waals surface area contributed by atoms with E-state index in [0.717, 1.165) is 13.2 Å². The molecule has 0 fully saturated rings. The van der Waals surface area contributed by atoms with Gasteiger partial charge in [-0.25, -0.2) is 0 Å². The number of rotatable bonds is 17. The lowest BCUT2D eigenvalue weighted by Crippen LogP contribution is -2.25. The molecule has 0 aromatic heterocycles. The van der Waals surface area contributed by atoms with Crippen LogP contribution in [0.15, 0.2) is 42.7 Å². The molecule has 2 nitrogen and oxygen atoms in total. The Morgan fingerprint density at radius 2 is 1.10 bits per heavy atom. The fourth-order valence-electron chi connectivity index (χ4n) is 4.09. The van der Waals surface area contributed by atoms with Crippen LogP contribution in [-0.2, 0) is 6.54 Å². The lowest BCUT2D eigenvalue weighted by Gasteiger charge is -2.21. The van der Waals surface area contributed by atoms with Crippen LogP contribution in [0.4, 0.5) is 0 Å². The van der Waals surface area contributed by atoms with Crippen molar-refractivity contribution in [1.29, 1.82) is 0 Å². The van der Waals surface area contributed by atoms with Crippen LogP contribution in [0.5, 0.6) is 0 Å². The Kier molecular flexibility index (Phi) is 15.8. The topological polar surface area (TPSA) is 6.48 Å². The highest BCUT2D eigenvalue weighted by Gasteiger charge is 2.11. The first-order chi connectivity index (χ1) is 13.9. The van der Waals surface area contributed by atoms with Crippen LogP contribution in [0, 0.1) is 0 Å². The van der Waals surface area contributed by atoms with Gasteiger partial charge in [0.2, 0.25) is 0 Å². The molecule has 1 heterocycles. The van der Waals surface area contributed by atoms with Crippen LogP contribution in [0.25, 0.3) is 0 Å². The van der Waals surface area contributed by atoms with Gasteiger partial charge in [0.05, 0.1) is 6.67 Å². The molecule has 166 valence electrons. The van der Waals surface area contributed by atoms with Gasteiger partial charge in [0.1, 0.15) is 0 Å². The average molecular weight is 421 g/mol. The summed E-state index contributed by atoms with van der Waals surface area (Å²) in [4.78, 5) is 4.86. The first-order valence-corrected chi connectivity index (χ1v) is 12.1.